The highest BCUT2D eigenvalue weighted by molar-refractivity contribution is 6.35. The van der Waals surface area contributed by atoms with Crippen LogP contribution in [0.4, 0.5) is 10.2 Å². The molecule has 0 bridgehead atoms. The maximum Gasteiger partial charge on any atom is 0.261 e. The third kappa shape index (κ3) is 3.61. The number of rotatable bonds is 2. The number of pyridine rings is 1. The van der Waals surface area contributed by atoms with Crippen LogP contribution in [0.1, 0.15) is 17.3 Å². The van der Waals surface area contributed by atoms with Crippen molar-refractivity contribution < 1.29 is 23.8 Å². The lowest BCUT2D eigenvalue weighted by molar-refractivity contribution is -0.130. The van der Waals surface area contributed by atoms with Crippen LogP contribution in [0.3, 0.4) is 0 Å². The Labute approximate surface area is 201 Å². The van der Waals surface area contributed by atoms with Crippen molar-refractivity contribution in [2.24, 2.45) is 0 Å². The van der Waals surface area contributed by atoms with Crippen LogP contribution in [0.2, 0.25) is 5.02 Å². The molecule has 34 heavy (non-hydrogen) atoms. The van der Waals surface area contributed by atoms with Crippen LogP contribution >= 0.6 is 11.6 Å². The highest BCUT2D eigenvalue weighted by Crippen LogP contribution is 2.46. The minimum absolute atomic E-state index is 0.0142. The number of phenols is 1. The molecule has 4 heterocycles. The number of aromatic hydroxyl groups is 1. The van der Waals surface area contributed by atoms with Crippen molar-refractivity contribution in [2.45, 2.75) is 19.0 Å². The number of ether oxygens (including phenoxy) is 1. The standard InChI is InChI=1S/C23H25ClFN5O4/c1-12-9-28(2)16(32)10-30(12)22-18-21(34-11-13-8-26-6-7-29(13)23(18)33)19(24)20(27-22)17-14(25)4-3-5-15(17)31/h3-5,12-13,26,31H,6-11H2,1-2H3/t12?,13-/m1/s1. The number of benzene rings is 1. The predicted molar refractivity (Wildman–Crippen MR) is 124 cm³/mol. The van der Waals surface area contributed by atoms with E-state index in [1.165, 1.54) is 18.2 Å². The van der Waals surface area contributed by atoms with Crippen LogP contribution in [0.15, 0.2) is 18.2 Å². The molecule has 1 unspecified atom stereocenters. The molecule has 3 aliphatic heterocycles. The number of aromatic nitrogens is 1. The van der Waals surface area contributed by atoms with Crippen LogP contribution in [0.25, 0.3) is 11.3 Å². The first-order valence-corrected chi connectivity index (χ1v) is 11.5. The Balaban J connectivity index is 1.76. The number of likely N-dealkylation sites (N-methyl/N-ethyl adjacent to an activating group) is 1. The molecular weight excluding hydrogens is 465 g/mol. The number of hydrogen-bond donors (Lipinski definition) is 2. The van der Waals surface area contributed by atoms with Crippen LogP contribution < -0.4 is 15.0 Å². The number of nitrogens with zero attached hydrogens (tertiary/aromatic N) is 4. The molecule has 3 aliphatic rings. The average molecular weight is 490 g/mol. The fraction of sp³-hybridized carbons (Fsp3) is 0.435. The van der Waals surface area contributed by atoms with Crippen LogP contribution in [-0.4, -0.2) is 90.2 Å². The number of carbonyl (C=O) groups is 2. The zero-order valence-corrected chi connectivity index (χ0v) is 19.6. The number of fused-ring (bicyclic) bond motifs is 2. The Morgan fingerprint density at radius 1 is 1.26 bits per heavy atom. The maximum absolute atomic E-state index is 14.9. The minimum Gasteiger partial charge on any atom is -0.507 e. The second kappa shape index (κ2) is 8.59. The van der Waals surface area contributed by atoms with E-state index in [1.54, 1.807) is 21.7 Å². The molecule has 0 spiro atoms. The molecule has 2 atom stereocenters. The summed E-state index contributed by atoms with van der Waals surface area (Å²) in [7, 11) is 1.72. The van der Waals surface area contributed by atoms with Gasteiger partial charge in [-0.3, -0.25) is 9.59 Å². The summed E-state index contributed by atoms with van der Waals surface area (Å²) in [6, 6.07) is 3.51. The molecule has 2 aromatic rings. The summed E-state index contributed by atoms with van der Waals surface area (Å²) in [6.45, 7) is 4.19. The summed E-state index contributed by atoms with van der Waals surface area (Å²) >= 11 is 6.69. The Bertz CT molecular complexity index is 1160. The summed E-state index contributed by atoms with van der Waals surface area (Å²) in [4.78, 5) is 36.1. The molecule has 9 nitrogen and oxygen atoms in total. The monoisotopic (exact) mass is 489 g/mol. The summed E-state index contributed by atoms with van der Waals surface area (Å²) < 4.78 is 20.9. The van der Waals surface area contributed by atoms with Gasteiger partial charge < -0.3 is 29.9 Å². The average Bonchev–Trinajstić information content (AvgIpc) is 2.95. The van der Waals surface area contributed by atoms with Gasteiger partial charge >= 0.3 is 0 Å². The molecule has 0 radical (unpaired) electrons. The van der Waals surface area contributed by atoms with E-state index in [1.807, 2.05) is 6.92 Å². The van der Waals surface area contributed by atoms with Gasteiger partial charge in [-0.05, 0) is 19.1 Å². The number of hydrogen-bond acceptors (Lipinski definition) is 7. The van der Waals surface area contributed by atoms with Crippen LogP contribution in [0, 0.1) is 5.82 Å². The second-order valence-corrected chi connectivity index (χ2v) is 9.23. The van der Waals surface area contributed by atoms with Gasteiger partial charge in [0.25, 0.3) is 5.91 Å². The summed E-state index contributed by atoms with van der Waals surface area (Å²) in [6.07, 6.45) is 0. The SMILES string of the molecule is CC1CN(C)C(=O)CN1c1nc(-c2c(O)cccc2F)c(Cl)c2c1C(=O)N1CCNC[C@@H]1CO2. The van der Waals surface area contributed by atoms with Gasteiger partial charge in [0.1, 0.15) is 40.3 Å². The normalized spacial score (nSPS) is 22.8. The largest absolute Gasteiger partial charge is 0.507 e. The predicted octanol–water partition coefficient (Wildman–Crippen LogP) is 1.72. The van der Waals surface area contributed by atoms with Gasteiger partial charge in [0.05, 0.1) is 18.2 Å². The number of anilines is 1. The molecule has 5 rings (SSSR count). The lowest BCUT2D eigenvalue weighted by Crippen LogP contribution is -2.56. The van der Waals surface area contributed by atoms with Gasteiger partial charge in [0.2, 0.25) is 5.91 Å². The van der Waals surface area contributed by atoms with Crippen molar-refractivity contribution in [1.82, 2.24) is 20.1 Å². The molecular formula is C23H25ClFN5O4. The molecule has 180 valence electrons. The highest BCUT2D eigenvalue weighted by atomic mass is 35.5. The first-order chi connectivity index (χ1) is 16.3. The Hall–Kier alpha value is -3.11. The van der Waals surface area contributed by atoms with E-state index in [0.29, 0.717) is 26.2 Å². The fourth-order valence-electron chi connectivity index (χ4n) is 4.78. The summed E-state index contributed by atoms with van der Waals surface area (Å²) in [5, 5.41) is 13.6. The molecule has 2 fully saturated rings. The molecule has 1 aromatic heterocycles. The highest BCUT2D eigenvalue weighted by Gasteiger charge is 2.40. The molecule has 11 heteroatoms. The first-order valence-electron chi connectivity index (χ1n) is 11.1. The van der Waals surface area contributed by atoms with E-state index in [4.69, 9.17) is 16.3 Å². The molecule has 1 aromatic carbocycles. The number of nitrogens with one attached hydrogen (secondary N) is 1. The first kappa shape index (κ1) is 22.7. The van der Waals surface area contributed by atoms with E-state index < -0.39 is 5.82 Å². The molecule has 0 aliphatic carbocycles. The van der Waals surface area contributed by atoms with Crippen molar-refractivity contribution in [1.29, 1.82) is 0 Å². The van der Waals surface area contributed by atoms with Crippen molar-refractivity contribution in [3.8, 4) is 22.8 Å². The van der Waals surface area contributed by atoms with Crippen molar-refractivity contribution in [3.05, 3.63) is 34.6 Å². The molecule has 2 amide bonds. The van der Waals surface area contributed by atoms with Crippen molar-refractivity contribution >= 4 is 29.2 Å². The number of carbonyl (C=O) groups excluding carboxylic acids is 2. The lowest BCUT2D eigenvalue weighted by Gasteiger charge is -2.40. The van der Waals surface area contributed by atoms with E-state index in [0.717, 1.165) is 0 Å². The quantitative estimate of drug-likeness (QED) is 0.662. The van der Waals surface area contributed by atoms with Crippen molar-refractivity contribution in [2.75, 3.05) is 51.3 Å². The van der Waals surface area contributed by atoms with E-state index >= 15 is 0 Å². The Morgan fingerprint density at radius 3 is 2.82 bits per heavy atom. The zero-order chi connectivity index (χ0) is 24.1. The van der Waals surface area contributed by atoms with E-state index in [9.17, 15) is 19.1 Å². The third-order valence-corrected chi connectivity index (χ3v) is 6.97. The van der Waals surface area contributed by atoms with Gasteiger partial charge in [-0.2, -0.15) is 0 Å². The number of amides is 2. The number of piperazine rings is 2. The lowest BCUT2D eigenvalue weighted by atomic mass is 10.0. The third-order valence-electron chi connectivity index (χ3n) is 6.62. The van der Waals surface area contributed by atoms with Crippen molar-refractivity contribution in [3.63, 3.8) is 0 Å². The number of phenolic OH excluding ortho intramolecular Hbond substituents is 1. The van der Waals surface area contributed by atoms with E-state index in [2.05, 4.69) is 10.3 Å². The smallest absolute Gasteiger partial charge is 0.261 e. The molecule has 0 saturated carbocycles. The maximum atomic E-state index is 14.9. The summed E-state index contributed by atoms with van der Waals surface area (Å²) in [5.74, 6) is -1.22. The topological polar surface area (TPSA) is 98.2 Å². The van der Waals surface area contributed by atoms with Gasteiger partial charge in [-0.1, -0.05) is 17.7 Å². The van der Waals surface area contributed by atoms with Gasteiger partial charge in [0, 0.05) is 39.3 Å². The molecule has 2 N–H and O–H groups in total. The second-order valence-electron chi connectivity index (χ2n) is 8.85. The zero-order valence-electron chi connectivity index (χ0n) is 18.8. The van der Waals surface area contributed by atoms with Crippen LogP contribution in [0.5, 0.6) is 11.5 Å². The molecule has 2 saturated heterocycles. The fourth-order valence-corrected chi connectivity index (χ4v) is 5.07. The Morgan fingerprint density at radius 2 is 2.06 bits per heavy atom. The summed E-state index contributed by atoms with van der Waals surface area (Å²) in [5.41, 5.74) is -0.0853. The van der Waals surface area contributed by atoms with E-state index in [-0.39, 0.29) is 76.2 Å². The minimum atomic E-state index is -0.718. The van der Waals surface area contributed by atoms with Gasteiger partial charge in [-0.25, -0.2) is 9.37 Å². The van der Waals surface area contributed by atoms with Crippen LogP contribution in [-0.2, 0) is 4.79 Å². The van der Waals surface area contributed by atoms with Gasteiger partial charge in [-0.15, -0.1) is 0 Å². The van der Waals surface area contributed by atoms with Gasteiger partial charge in [0.15, 0.2) is 5.75 Å². The number of halogens is 2. The Kier molecular flexibility index (Phi) is 5.73.